The van der Waals surface area contributed by atoms with Gasteiger partial charge in [0, 0.05) is 19.9 Å². The average Bonchev–Trinajstić information content (AvgIpc) is 2.94. The Hall–Kier alpha value is -2.23. The molecule has 7 nitrogen and oxygen atoms in total. The Morgan fingerprint density at radius 1 is 1.34 bits per heavy atom. The first-order chi connectivity index (χ1) is 13.8. The number of aryl methyl sites for hydroxylation is 1. The molecule has 1 amide bonds. The van der Waals surface area contributed by atoms with Crippen molar-refractivity contribution in [3.8, 4) is 0 Å². The van der Waals surface area contributed by atoms with Crippen molar-refractivity contribution < 1.29 is 9.53 Å². The van der Waals surface area contributed by atoms with Crippen molar-refractivity contribution >= 4 is 51.7 Å². The molecule has 3 heterocycles. The highest BCUT2D eigenvalue weighted by Crippen LogP contribution is 2.32. The molecule has 2 aromatic heterocycles. The molecule has 1 saturated heterocycles. The molecule has 1 fully saturated rings. The van der Waals surface area contributed by atoms with E-state index in [-0.39, 0.29) is 11.5 Å². The summed E-state index contributed by atoms with van der Waals surface area (Å²) in [6.07, 6.45) is 3.34. The van der Waals surface area contributed by atoms with E-state index in [2.05, 4.69) is 24.1 Å². The molecule has 154 valence electrons. The fourth-order valence-electron chi connectivity index (χ4n) is 2.83. The van der Waals surface area contributed by atoms with Gasteiger partial charge in [-0.2, -0.15) is 0 Å². The van der Waals surface area contributed by atoms with Gasteiger partial charge in [0.1, 0.15) is 15.8 Å². The highest BCUT2D eigenvalue weighted by Gasteiger charge is 2.32. The van der Waals surface area contributed by atoms with E-state index in [0.29, 0.717) is 51.9 Å². The van der Waals surface area contributed by atoms with E-state index in [1.807, 2.05) is 19.1 Å². The van der Waals surface area contributed by atoms with Crippen LogP contribution in [0.2, 0.25) is 0 Å². The minimum atomic E-state index is -0.230. The topological polar surface area (TPSA) is 75.9 Å². The summed E-state index contributed by atoms with van der Waals surface area (Å²) in [6.45, 7) is 7.49. The Kier molecular flexibility index (Phi) is 6.71. The van der Waals surface area contributed by atoms with Crippen molar-refractivity contribution in [2.45, 2.75) is 20.8 Å². The zero-order valence-corrected chi connectivity index (χ0v) is 18.5. The van der Waals surface area contributed by atoms with E-state index in [1.54, 1.807) is 19.4 Å². The largest absolute Gasteiger partial charge is 0.383 e. The number of amides is 1. The molecule has 1 aliphatic rings. The van der Waals surface area contributed by atoms with Gasteiger partial charge in [-0.15, -0.1) is 0 Å². The lowest BCUT2D eigenvalue weighted by Gasteiger charge is -2.14. The van der Waals surface area contributed by atoms with Crippen LogP contribution >= 0.6 is 24.0 Å². The number of thioether (sulfide) groups is 1. The number of anilines is 1. The second kappa shape index (κ2) is 9.06. The summed E-state index contributed by atoms with van der Waals surface area (Å²) in [5.41, 5.74) is 1.62. The third-order valence-corrected chi connectivity index (χ3v) is 5.73. The van der Waals surface area contributed by atoms with E-state index in [1.165, 1.54) is 21.1 Å². The Labute approximate surface area is 179 Å². The second-order valence-corrected chi connectivity index (χ2v) is 8.89. The van der Waals surface area contributed by atoms with E-state index >= 15 is 0 Å². The predicted molar refractivity (Wildman–Crippen MR) is 121 cm³/mol. The lowest BCUT2D eigenvalue weighted by atomic mass is 10.2. The zero-order valence-electron chi connectivity index (χ0n) is 16.9. The van der Waals surface area contributed by atoms with Crippen LogP contribution in [-0.2, 0) is 9.53 Å². The average molecular weight is 433 g/mol. The van der Waals surface area contributed by atoms with Crippen LogP contribution < -0.4 is 10.9 Å². The molecule has 9 heteroatoms. The second-order valence-electron chi connectivity index (χ2n) is 7.21. The van der Waals surface area contributed by atoms with E-state index < -0.39 is 0 Å². The molecule has 0 aliphatic carbocycles. The van der Waals surface area contributed by atoms with E-state index in [9.17, 15) is 9.59 Å². The van der Waals surface area contributed by atoms with Crippen LogP contribution in [0.15, 0.2) is 28.0 Å². The Bertz CT molecular complexity index is 1050. The molecule has 0 spiro atoms. The first-order valence-electron chi connectivity index (χ1n) is 9.33. The predicted octanol–water partition coefficient (Wildman–Crippen LogP) is 2.92. The summed E-state index contributed by atoms with van der Waals surface area (Å²) >= 11 is 6.51. The molecule has 0 atom stereocenters. The molecule has 1 aliphatic heterocycles. The molecule has 0 radical (unpaired) electrons. The van der Waals surface area contributed by atoms with Crippen LogP contribution in [-0.4, -0.2) is 51.3 Å². The highest BCUT2D eigenvalue weighted by atomic mass is 32.2. The number of aromatic nitrogens is 2. The van der Waals surface area contributed by atoms with Gasteiger partial charge in [-0.25, -0.2) is 4.98 Å². The van der Waals surface area contributed by atoms with Gasteiger partial charge >= 0.3 is 0 Å². The Balaban J connectivity index is 2.09. The van der Waals surface area contributed by atoms with Gasteiger partial charge in [-0.05, 0) is 30.5 Å². The van der Waals surface area contributed by atoms with E-state index in [0.717, 1.165) is 5.56 Å². The molecular weight excluding hydrogens is 408 g/mol. The Morgan fingerprint density at radius 2 is 2.10 bits per heavy atom. The smallest absolute Gasteiger partial charge is 0.267 e. The minimum absolute atomic E-state index is 0.222. The summed E-state index contributed by atoms with van der Waals surface area (Å²) < 4.78 is 7.02. The van der Waals surface area contributed by atoms with Crippen molar-refractivity contribution in [1.82, 2.24) is 14.3 Å². The van der Waals surface area contributed by atoms with Gasteiger partial charge in [0.2, 0.25) is 0 Å². The van der Waals surface area contributed by atoms with Gasteiger partial charge < -0.3 is 10.1 Å². The fraction of sp³-hybridized carbons (Fsp3) is 0.400. The van der Waals surface area contributed by atoms with Crippen molar-refractivity contribution in [3.05, 3.63) is 44.7 Å². The van der Waals surface area contributed by atoms with Crippen LogP contribution in [0.1, 0.15) is 25.0 Å². The number of carbonyl (C=O) groups excluding carboxylic acids is 1. The van der Waals surface area contributed by atoms with Gasteiger partial charge in [-0.3, -0.25) is 18.9 Å². The maximum atomic E-state index is 13.2. The molecule has 0 aromatic carbocycles. The maximum Gasteiger partial charge on any atom is 0.267 e. The first kappa shape index (κ1) is 21.5. The molecule has 29 heavy (non-hydrogen) atoms. The monoisotopic (exact) mass is 432 g/mol. The maximum absolute atomic E-state index is 13.2. The highest BCUT2D eigenvalue weighted by molar-refractivity contribution is 8.26. The van der Waals surface area contributed by atoms with Crippen LogP contribution in [0.25, 0.3) is 11.7 Å². The van der Waals surface area contributed by atoms with Gasteiger partial charge in [0.25, 0.3) is 11.5 Å². The van der Waals surface area contributed by atoms with Crippen LogP contribution in [0.3, 0.4) is 0 Å². The van der Waals surface area contributed by atoms with Gasteiger partial charge in [-0.1, -0.05) is 43.9 Å². The standard InChI is InChI=1S/C20H24N4O3S2/c1-12(2)10-21-17-14(18(25)24-11-13(3)5-6-16(24)22-17)9-15-19(26)23(7-8-27-4)20(28)29-15/h5-6,9,11-12,21H,7-8,10H2,1-4H3/b15-9-. The number of hydrogen-bond donors (Lipinski definition) is 1. The van der Waals surface area contributed by atoms with Crippen LogP contribution in [0, 0.1) is 12.8 Å². The fourth-order valence-corrected chi connectivity index (χ4v) is 4.12. The third kappa shape index (κ3) is 4.68. The number of pyridine rings is 1. The number of thiocarbonyl (C=S) groups is 1. The van der Waals surface area contributed by atoms with Gasteiger partial charge in [0.15, 0.2) is 0 Å². The number of hydrogen-bond acceptors (Lipinski definition) is 7. The zero-order chi connectivity index (χ0) is 21.1. The summed E-state index contributed by atoms with van der Waals surface area (Å²) in [5.74, 6) is 0.615. The normalized spacial score (nSPS) is 15.9. The summed E-state index contributed by atoms with van der Waals surface area (Å²) in [6, 6.07) is 3.72. The Morgan fingerprint density at radius 3 is 2.79 bits per heavy atom. The lowest BCUT2D eigenvalue weighted by molar-refractivity contribution is -0.122. The molecule has 2 aromatic rings. The third-order valence-electron chi connectivity index (χ3n) is 4.35. The van der Waals surface area contributed by atoms with E-state index in [4.69, 9.17) is 17.0 Å². The van der Waals surface area contributed by atoms with Crippen molar-refractivity contribution in [2.24, 2.45) is 5.92 Å². The number of fused-ring (bicyclic) bond motifs is 1. The van der Waals surface area contributed by atoms with Gasteiger partial charge in [0.05, 0.1) is 23.6 Å². The number of ether oxygens (including phenoxy) is 1. The molecule has 0 bridgehead atoms. The van der Waals surface area contributed by atoms with Crippen LogP contribution in [0.5, 0.6) is 0 Å². The van der Waals surface area contributed by atoms with Crippen molar-refractivity contribution in [1.29, 1.82) is 0 Å². The molecule has 1 N–H and O–H groups in total. The SMILES string of the molecule is COCCN1C(=O)/C(=C/c2c(NCC(C)C)nc3ccc(C)cn3c2=O)SC1=S. The van der Waals surface area contributed by atoms with Crippen LogP contribution in [0.4, 0.5) is 5.82 Å². The number of nitrogens with zero attached hydrogens (tertiary/aromatic N) is 3. The first-order valence-corrected chi connectivity index (χ1v) is 10.6. The van der Waals surface area contributed by atoms with Crippen molar-refractivity contribution in [2.75, 3.05) is 32.1 Å². The summed E-state index contributed by atoms with van der Waals surface area (Å²) in [5, 5.41) is 3.25. The molecule has 0 saturated carbocycles. The molecule has 3 rings (SSSR count). The van der Waals surface area contributed by atoms with Crippen molar-refractivity contribution in [3.63, 3.8) is 0 Å². The molecular formula is C20H24N4O3S2. The minimum Gasteiger partial charge on any atom is -0.383 e. The quantitative estimate of drug-likeness (QED) is 0.532. The number of methoxy groups -OCH3 is 1. The number of rotatable bonds is 7. The summed E-state index contributed by atoms with van der Waals surface area (Å²) in [4.78, 5) is 32.5. The summed E-state index contributed by atoms with van der Waals surface area (Å²) in [7, 11) is 1.57. The lowest BCUT2D eigenvalue weighted by Crippen LogP contribution is -2.31. The number of carbonyl (C=O) groups is 1. The molecule has 0 unspecified atom stereocenters. The number of nitrogens with one attached hydrogen (secondary N) is 1.